The Morgan fingerprint density at radius 1 is 1.16 bits per heavy atom. The minimum Gasteiger partial charge on any atom is -0.493 e. The van der Waals surface area contributed by atoms with Gasteiger partial charge in [0.25, 0.3) is 5.56 Å². The molecule has 1 aromatic heterocycles. The number of methoxy groups -OCH3 is 1. The van der Waals surface area contributed by atoms with Crippen molar-refractivity contribution in [3.8, 4) is 11.5 Å². The summed E-state index contributed by atoms with van der Waals surface area (Å²) in [5, 5.41) is 5.05. The van der Waals surface area contributed by atoms with Gasteiger partial charge in [-0.25, -0.2) is 4.98 Å². The average molecular weight is 565 g/mol. The standard InChI is InChI=1S/C24H27Br2N3O3/c1-6-14(3)23-28-20-9-8-17(25)12-18(20)24(30)29(23)27-13-16-10-19(26)22(21(11-16)31-5)32-15(4)7-2/h8-15H,6-7H2,1-5H3/t14-,15-/m0/s1. The first-order valence-corrected chi connectivity index (χ1v) is 12.2. The van der Waals surface area contributed by atoms with E-state index in [2.05, 4.69) is 50.8 Å². The van der Waals surface area contributed by atoms with E-state index in [1.165, 1.54) is 4.68 Å². The Balaban J connectivity index is 2.10. The molecule has 0 aliphatic carbocycles. The highest BCUT2D eigenvalue weighted by atomic mass is 79.9. The van der Waals surface area contributed by atoms with Crippen molar-refractivity contribution >= 4 is 49.0 Å². The lowest BCUT2D eigenvalue weighted by Gasteiger charge is -2.17. The number of rotatable bonds is 8. The molecule has 0 aliphatic heterocycles. The molecule has 0 unspecified atom stereocenters. The van der Waals surface area contributed by atoms with E-state index in [0.717, 1.165) is 27.4 Å². The van der Waals surface area contributed by atoms with E-state index in [9.17, 15) is 4.79 Å². The van der Waals surface area contributed by atoms with Gasteiger partial charge in [-0.1, -0.05) is 36.7 Å². The zero-order chi connectivity index (χ0) is 23.4. The van der Waals surface area contributed by atoms with Crippen LogP contribution in [-0.4, -0.2) is 29.1 Å². The van der Waals surface area contributed by atoms with Crippen LogP contribution < -0.4 is 15.0 Å². The summed E-state index contributed by atoms with van der Waals surface area (Å²) in [5.74, 6) is 1.94. The van der Waals surface area contributed by atoms with Gasteiger partial charge < -0.3 is 9.47 Å². The first-order valence-electron chi connectivity index (χ1n) is 10.6. The summed E-state index contributed by atoms with van der Waals surface area (Å²) >= 11 is 7.01. The molecule has 0 saturated carbocycles. The molecule has 0 fully saturated rings. The monoisotopic (exact) mass is 563 g/mol. The first-order chi connectivity index (χ1) is 15.3. The van der Waals surface area contributed by atoms with Crippen LogP contribution >= 0.6 is 31.9 Å². The molecule has 2 atom stereocenters. The topological polar surface area (TPSA) is 65.7 Å². The number of halogens is 2. The number of benzene rings is 2. The van der Waals surface area contributed by atoms with Crippen molar-refractivity contribution in [2.45, 2.75) is 52.6 Å². The van der Waals surface area contributed by atoms with Crippen LogP contribution in [-0.2, 0) is 0 Å². The minimum atomic E-state index is -0.203. The second-order valence-electron chi connectivity index (χ2n) is 7.67. The SMILES string of the molecule is CC[C@H](C)Oc1c(Br)cc(C=Nn2c([C@@H](C)CC)nc3ccc(Br)cc3c2=O)cc1OC. The highest BCUT2D eigenvalue weighted by molar-refractivity contribution is 9.10. The molecule has 0 amide bonds. The number of nitrogens with zero attached hydrogens (tertiary/aromatic N) is 3. The second kappa shape index (κ2) is 10.6. The Morgan fingerprint density at radius 2 is 1.91 bits per heavy atom. The first kappa shape index (κ1) is 24.5. The van der Waals surface area contributed by atoms with E-state index in [0.29, 0.717) is 28.2 Å². The van der Waals surface area contributed by atoms with Crippen LogP contribution in [0.3, 0.4) is 0 Å². The van der Waals surface area contributed by atoms with Crippen LogP contribution in [0.4, 0.5) is 0 Å². The fourth-order valence-electron chi connectivity index (χ4n) is 3.12. The molecule has 170 valence electrons. The van der Waals surface area contributed by atoms with E-state index in [1.54, 1.807) is 19.4 Å². The Bertz CT molecular complexity index is 1210. The summed E-state index contributed by atoms with van der Waals surface area (Å²) < 4.78 is 14.5. The van der Waals surface area contributed by atoms with E-state index < -0.39 is 0 Å². The minimum absolute atomic E-state index is 0.0550. The van der Waals surface area contributed by atoms with Gasteiger partial charge >= 0.3 is 0 Å². The van der Waals surface area contributed by atoms with Gasteiger partial charge in [-0.05, 0) is 71.6 Å². The maximum absolute atomic E-state index is 13.3. The molecule has 0 radical (unpaired) electrons. The molecule has 0 saturated heterocycles. The number of hydrogen-bond acceptors (Lipinski definition) is 5. The van der Waals surface area contributed by atoms with Gasteiger partial charge in [0.2, 0.25) is 0 Å². The quantitative estimate of drug-likeness (QED) is 0.293. The van der Waals surface area contributed by atoms with Crippen LogP contribution in [0.5, 0.6) is 11.5 Å². The summed E-state index contributed by atoms with van der Waals surface area (Å²) in [5.41, 5.74) is 1.23. The van der Waals surface area contributed by atoms with Gasteiger partial charge in [0.05, 0.1) is 34.8 Å². The van der Waals surface area contributed by atoms with Crippen molar-refractivity contribution < 1.29 is 9.47 Å². The predicted molar refractivity (Wildman–Crippen MR) is 136 cm³/mol. The van der Waals surface area contributed by atoms with Crippen LogP contribution in [0.25, 0.3) is 10.9 Å². The third kappa shape index (κ3) is 5.23. The Hall–Kier alpha value is -2.19. The summed E-state index contributed by atoms with van der Waals surface area (Å²) in [6.45, 7) is 8.18. The molecular formula is C24H27Br2N3O3. The average Bonchev–Trinajstić information content (AvgIpc) is 2.79. The second-order valence-corrected chi connectivity index (χ2v) is 9.44. The molecule has 3 rings (SSSR count). The molecule has 6 nitrogen and oxygen atoms in total. The fourth-order valence-corrected chi connectivity index (χ4v) is 4.03. The predicted octanol–water partition coefficient (Wildman–Crippen LogP) is 6.50. The lowest BCUT2D eigenvalue weighted by molar-refractivity contribution is 0.206. The lowest BCUT2D eigenvalue weighted by atomic mass is 10.1. The van der Waals surface area contributed by atoms with Crippen molar-refractivity contribution in [3.63, 3.8) is 0 Å². The third-order valence-corrected chi connectivity index (χ3v) is 6.44. The van der Waals surface area contributed by atoms with Crippen LogP contribution in [0, 0.1) is 0 Å². The van der Waals surface area contributed by atoms with Crippen molar-refractivity contribution in [3.05, 3.63) is 61.0 Å². The van der Waals surface area contributed by atoms with Gasteiger partial charge in [-0.15, -0.1) is 0 Å². The molecule has 0 spiro atoms. The lowest BCUT2D eigenvalue weighted by Crippen LogP contribution is -2.23. The summed E-state index contributed by atoms with van der Waals surface area (Å²) in [6, 6.07) is 9.24. The zero-order valence-corrected chi connectivity index (χ0v) is 22.0. The Labute approximate surface area is 204 Å². The van der Waals surface area contributed by atoms with Gasteiger partial charge in [0, 0.05) is 10.4 Å². The molecule has 0 N–H and O–H groups in total. The summed E-state index contributed by atoms with van der Waals surface area (Å²) in [7, 11) is 1.60. The van der Waals surface area contributed by atoms with E-state index in [-0.39, 0.29) is 17.6 Å². The Kier molecular flexibility index (Phi) is 8.11. The number of hydrogen-bond donors (Lipinski definition) is 0. The van der Waals surface area contributed by atoms with Crippen molar-refractivity contribution in [2.75, 3.05) is 7.11 Å². The molecule has 2 aromatic carbocycles. The zero-order valence-electron chi connectivity index (χ0n) is 18.9. The van der Waals surface area contributed by atoms with Crippen molar-refractivity contribution in [1.82, 2.24) is 9.66 Å². The van der Waals surface area contributed by atoms with Gasteiger partial charge in [0.15, 0.2) is 11.5 Å². The number of fused-ring (bicyclic) bond motifs is 1. The van der Waals surface area contributed by atoms with Crippen molar-refractivity contribution in [1.29, 1.82) is 0 Å². The fraction of sp³-hybridized carbons (Fsp3) is 0.375. The van der Waals surface area contributed by atoms with Crippen LogP contribution in [0.1, 0.15) is 57.8 Å². The number of ether oxygens (including phenoxy) is 2. The van der Waals surface area contributed by atoms with E-state index >= 15 is 0 Å². The summed E-state index contributed by atoms with van der Waals surface area (Å²) in [6.07, 6.45) is 3.41. The van der Waals surface area contributed by atoms with Gasteiger partial charge in [0.1, 0.15) is 5.82 Å². The van der Waals surface area contributed by atoms with Crippen molar-refractivity contribution in [2.24, 2.45) is 5.10 Å². The highest BCUT2D eigenvalue weighted by Gasteiger charge is 2.17. The third-order valence-electron chi connectivity index (χ3n) is 5.35. The molecule has 0 bridgehead atoms. The number of aromatic nitrogens is 2. The Morgan fingerprint density at radius 3 is 2.56 bits per heavy atom. The maximum Gasteiger partial charge on any atom is 0.282 e. The molecule has 8 heteroatoms. The largest absolute Gasteiger partial charge is 0.493 e. The molecule has 0 aliphatic rings. The van der Waals surface area contributed by atoms with E-state index in [4.69, 9.17) is 14.5 Å². The molecule has 32 heavy (non-hydrogen) atoms. The van der Waals surface area contributed by atoms with Crippen LogP contribution in [0.2, 0.25) is 0 Å². The maximum atomic E-state index is 13.3. The molecule has 3 aromatic rings. The van der Waals surface area contributed by atoms with Gasteiger partial charge in [-0.2, -0.15) is 9.78 Å². The molecular weight excluding hydrogens is 538 g/mol. The van der Waals surface area contributed by atoms with Gasteiger partial charge in [-0.3, -0.25) is 4.79 Å². The highest BCUT2D eigenvalue weighted by Crippen LogP contribution is 2.37. The van der Waals surface area contributed by atoms with Crippen LogP contribution in [0.15, 0.2) is 49.2 Å². The van der Waals surface area contributed by atoms with E-state index in [1.807, 2.05) is 38.1 Å². The summed E-state index contributed by atoms with van der Waals surface area (Å²) in [4.78, 5) is 18.0. The molecule has 1 heterocycles. The smallest absolute Gasteiger partial charge is 0.282 e. The normalized spacial score (nSPS) is 13.5.